The summed E-state index contributed by atoms with van der Waals surface area (Å²) in [5, 5.41) is 19.3. The molecule has 2 N–H and O–H groups in total. The normalized spacial score (nSPS) is 11.8. The summed E-state index contributed by atoms with van der Waals surface area (Å²) in [4.78, 5) is 0. The molecule has 1 aromatic carbocycles. The molecule has 1 aromatic rings. The number of rotatable bonds is 7. The predicted molar refractivity (Wildman–Crippen MR) is 68.1 cm³/mol. The number of benzene rings is 1. The molecule has 0 atom stereocenters. The van der Waals surface area contributed by atoms with Crippen LogP contribution < -0.4 is 0 Å². The van der Waals surface area contributed by atoms with Gasteiger partial charge in [-0.15, -0.1) is 0 Å². The van der Waals surface area contributed by atoms with E-state index in [1.54, 1.807) is 7.11 Å². The molecule has 0 aliphatic rings. The Hall–Kier alpha value is -0.900. The summed E-state index contributed by atoms with van der Waals surface area (Å²) in [6.07, 6.45) is 1.55. The van der Waals surface area contributed by atoms with Gasteiger partial charge in [0.25, 0.3) is 0 Å². The molecular formula is C14H22O3. The standard InChI is InChI=1S/C14H22O3/c1-12-6-3-4-7-13(12)14(10-15,11-16)8-5-9-17-2/h3-4,6-7,15-16H,5,8-11H2,1-2H3. The largest absolute Gasteiger partial charge is 0.395 e. The van der Waals surface area contributed by atoms with Crippen LogP contribution >= 0.6 is 0 Å². The molecule has 0 aromatic heterocycles. The summed E-state index contributed by atoms with van der Waals surface area (Å²) >= 11 is 0. The zero-order valence-electron chi connectivity index (χ0n) is 10.6. The molecule has 0 aliphatic heterocycles. The summed E-state index contributed by atoms with van der Waals surface area (Å²) < 4.78 is 5.03. The first-order chi connectivity index (χ1) is 8.20. The Bertz CT molecular complexity index is 332. The summed E-state index contributed by atoms with van der Waals surface area (Å²) in [5.74, 6) is 0. The van der Waals surface area contributed by atoms with Crippen LogP contribution in [0.15, 0.2) is 24.3 Å². The smallest absolute Gasteiger partial charge is 0.0550 e. The third kappa shape index (κ3) is 3.28. The van der Waals surface area contributed by atoms with E-state index in [1.807, 2.05) is 31.2 Å². The first-order valence-corrected chi connectivity index (χ1v) is 5.97. The monoisotopic (exact) mass is 238 g/mol. The van der Waals surface area contributed by atoms with Gasteiger partial charge in [0, 0.05) is 19.1 Å². The molecule has 0 saturated carbocycles. The van der Waals surface area contributed by atoms with E-state index in [2.05, 4.69) is 0 Å². The molecule has 0 spiro atoms. The molecule has 0 radical (unpaired) electrons. The van der Waals surface area contributed by atoms with Crippen LogP contribution in [0.1, 0.15) is 24.0 Å². The zero-order chi connectivity index (χ0) is 12.7. The Morgan fingerprint density at radius 1 is 1.18 bits per heavy atom. The van der Waals surface area contributed by atoms with Crippen molar-refractivity contribution in [2.24, 2.45) is 0 Å². The molecule has 0 fully saturated rings. The minimum absolute atomic E-state index is 0.0436. The van der Waals surface area contributed by atoms with Gasteiger partial charge in [0.15, 0.2) is 0 Å². The summed E-state index contributed by atoms with van der Waals surface area (Å²) in [7, 11) is 1.66. The highest BCUT2D eigenvalue weighted by atomic mass is 16.5. The van der Waals surface area contributed by atoms with E-state index in [9.17, 15) is 10.2 Å². The van der Waals surface area contributed by atoms with Crippen LogP contribution in [-0.4, -0.2) is 37.1 Å². The Balaban J connectivity index is 2.94. The van der Waals surface area contributed by atoms with Gasteiger partial charge in [-0.3, -0.25) is 0 Å². The van der Waals surface area contributed by atoms with Crippen LogP contribution in [0.25, 0.3) is 0 Å². The van der Waals surface area contributed by atoms with Crippen molar-refractivity contribution < 1.29 is 14.9 Å². The Morgan fingerprint density at radius 2 is 1.82 bits per heavy atom. The lowest BCUT2D eigenvalue weighted by Gasteiger charge is -2.31. The third-order valence-electron chi connectivity index (χ3n) is 3.33. The second-order valence-corrected chi connectivity index (χ2v) is 4.51. The lowest BCUT2D eigenvalue weighted by atomic mass is 9.76. The van der Waals surface area contributed by atoms with Gasteiger partial charge < -0.3 is 14.9 Å². The molecule has 0 bridgehead atoms. The summed E-state index contributed by atoms with van der Waals surface area (Å²) in [5.41, 5.74) is 1.58. The van der Waals surface area contributed by atoms with E-state index < -0.39 is 5.41 Å². The van der Waals surface area contributed by atoms with Crippen molar-refractivity contribution in [2.45, 2.75) is 25.2 Å². The highest BCUT2D eigenvalue weighted by Crippen LogP contribution is 2.31. The van der Waals surface area contributed by atoms with Gasteiger partial charge >= 0.3 is 0 Å². The molecule has 0 saturated heterocycles. The van der Waals surface area contributed by atoms with Crippen LogP contribution in [-0.2, 0) is 10.2 Å². The van der Waals surface area contributed by atoms with E-state index in [0.29, 0.717) is 6.61 Å². The van der Waals surface area contributed by atoms with Gasteiger partial charge in [-0.05, 0) is 30.9 Å². The first kappa shape index (κ1) is 14.2. The van der Waals surface area contributed by atoms with Gasteiger partial charge in [0.2, 0.25) is 0 Å². The van der Waals surface area contributed by atoms with E-state index >= 15 is 0 Å². The van der Waals surface area contributed by atoms with E-state index in [-0.39, 0.29) is 13.2 Å². The van der Waals surface area contributed by atoms with Crippen molar-refractivity contribution in [3.63, 3.8) is 0 Å². The maximum atomic E-state index is 9.65. The SMILES string of the molecule is COCCCC(CO)(CO)c1ccccc1C. The summed E-state index contributed by atoms with van der Waals surface area (Å²) in [6.45, 7) is 2.56. The Kier molecular flexibility index (Phi) is 5.62. The fraction of sp³-hybridized carbons (Fsp3) is 0.571. The Morgan fingerprint density at radius 3 is 2.35 bits per heavy atom. The van der Waals surface area contributed by atoms with Crippen molar-refractivity contribution >= 4 is 0 Å². The Labute approximate surface area is 103 Å². The lowest BCUT2D eigenvalue weighted by Crippen LogP contribution is -2.36. The van der Waals surface area contributed by atoms with Gasteiger partial charge in [0.1, 0.15) is 0 Å². The number of methoxy groups -OCH3 is 1. The third-order valence-corrected chi connectivity index (χ3v) is 3.33. The highest BCUT2D eigenvalue weighted by molar-refractivity contribution is 5.33. The molecule has 1 rings (SSSR count). The quantitative estimate of drug-likeness (QED) is 0.710. The maximum Gasteiger partial charge on any atom is 0.0550 e. The number of aliphatic hydroxyl groups excluding tert-OH is 2. The second-order valence-electron chi connectivity index (χ2n) is 4.51. The maximum absolute atomic E-state index is 9.65. The van der Waals surface area contributed by atoms with Crippen molar-refractivity contribution in [3.05, 3.63) is 35.4 Å². The molecule has 0 unspecified atom stereocenters. The topological polar surface area (TPSA) is 49.7 Å². The minimum atomic E-state index is -0.552. The number of aliphatic hydroxyl groups is 2. The van der Waals surface area contributed by atoms with E-state index in [1.165, 1.54) is 0 Å². The fourth-order valence-corrected chi connectivity index (χ4v) is 2.24. The van der Waals surface area contributed by atoms with Gasteiger partial charge in [-0.2, -0.15) is 0 Å². The number of hydrogen-bond donors (Lipinski definition) is 2. The zero-order valence-corrected chi connectivity index (χ0v) is 10.6. The number of hydrogen-bond acceptors (Lipinski definition) is 3. The minimum Gasteiger partial charge on any atom is -0.395 e. The van der Waals surface area contributed by atoms with Crippen molar-refractivity contribution in [2.75, 3.05) is 26.9 Å². The van der Waals surface area contributed by atoms with E-state index in [4.69, 9.17) is 4.74 Å². The average molecular weight is 238 g/mol. The van der Waals surface area contributed by atoms with Gasteiger partial charge in [-0.25, -0.2) is 0 Å². The molecule has 3 nitrogen and oxygen atoms in total. The predicted octanol–water partition coefficient (Wildman–Crippen LogP) is 1.64. The highest BCUT2D eigenvalue weighted by Gasteiger charge is 2.31. The van der Waals surface area contributed by atoms with Crippen LogP contribution in [0.5, 0.6) is 0 Å². The fourth-order valence-electron chi connectivity index (χ4n) is 2.24. The van der Waals surface area contributed by atoms with Crippen LogP contribution in [0.4, 0.5) is 0 Å². The van der Waals surface area contributed by atoms with Gasteiger partial charge in [-0.1, -0.05) is 24.3 Å². The molecule has 17 heavy (non-hydrogen) atoms. The van der Waals surface area contributed by atoms with Crippen LogP contribution in [0.3, 0.4) is 0 Å². The molecular weight excluding hydrogens is 216 g/mol. The van der Waals surface area contributed by atoms with Crippen molar-refractivity contribution in [1.82, 2.24) is 0 Å². The number of ether oxygens (including phenoxy) is 1. The summed E-state index contributed by atoms with van der Waals surface area (Å²) in [6, 6.07) is 7.90. The average Bonchev–Trinajstić information content (AvgIpc) is 2.36. The van der Waals surface area contributed by atoms with Gasteiger partial charge in [0.05, 0.1) is 13.2 Å². The number of aryl methyl sites for hydroxylation is 1. The molecule has 96 valence electrons. The first-order valence-electron chi connectivity index (χ1n) is 5.97. The molecule has 0 amide bonds. The van der Waals surface area contributed by atoms with Crippen molar-refractivity contribution in [3.8, 4) is 0 Å². The van der Waals surface area contributed by atoms with Crippen LogP contribution in [0.2, 0.25) is 0 Å². The molecule has 3 heteroatoms. The van der Waals surface area contributed by atoms with E-state index in [0.717, 1.165) is 24.0 Å². The lowest BCUT2D eigenvalue weighted by molar-refractivity contribution is 0.0964. The second kappa shape index (κ2) is 6.74. The van der Waals surface area contributed by atoms with Crippen molar-refractivity contribution in [1.29, 1.82) is 0 Å². The molecule has 0 heterocycles. The molecule has 0 aliphatic carbocycles. The van der Waals surface area contributed by atoms with Crippen LogP contribution in [0, 0.1) is 6.92 Å².